The van der Waals surface area contributed by atoms with Crippen molar-refractivity contribution in [1.82, 2.24) is 4.98 Å². The van der Waals surface area contributed by atoms with Crippen molar-refractivity contribution in [3.63, 3.8) is 0 Å². The van der Waals surface area contributed by atoms with Gasteiger partial charge in [-0.25, -0.2) is 15.8 Å². The summed E-state index contributed by atoms with van der Waals surface area (Å²) in [6.07, 6.45) is 2.77. The Morgan fingerprint density at radius 2 is 2.40 bits per heavy atom. The van der Waals surface area contributed by atoms with Gasteiger partial charge in [-0.2, -0.15) is 0 Å². The fraction of sp³-hybridized carbons (Fsp3) is 0.111. The number of aromatic nitrogens is 1. The average Bonchev–Trinajstić information content (AvgIpc) is 2.82. The lowest BCUT2D eigenvalue weighted by molar-refractivity contribution is -0.118. The molecule has 1 amide bonds. The Morgan fingerprint density at radius 3 is 3.00 bits per heavy atom. The van der Waals surface area contributed by atoms with Gasteiger partial charge in [0.25, 0.3) is 0 Å². The van der Waals surface area contributed by atoms with E-state index in [2.05, 4.69) is 4.98 Å². The minimum atomic E-state index is -0.494. The van der Waals surface area contributed by atoms with Crippen LogP contribution in [0.15, 0.2) is 36.4 Å². The molecule has 1 aromatic rings. The Kier molecular flexibility index (Phi) is 2.51. The van der Waals surface area contributed by atoms with Crippen molar-refractivity contribution in [2.45, 2.75) is 0 Å². The van der Waals surface area contributed by atoms with E-state index >= 15 is 0 Å². The zero-order valence-electron chi connectivity index (χ0n) is 7.79. The molecular weight excluding hydrogens is 198 g/mol. The van der Waals surface area contributed by atoms with E-state index in [1.54, 1.807) is 24.4 Å². The second-order valence-corrected chi connectivity index (χ2v) is 2.77. The van der Waals surface area contributed by atoms with E-state index in [-0.39, 0.29) is 12.6 Å². The van der Waals surface area contributed by atoms with Crippen molar-refractivity contribution in [3.05, 3.63) is 36.4 Å². The maximum Gasteiger partial charge on any atom is 0.312 e. The molecule has 0 unspecified atom stereocenters. The molecule has 2 heterocycles. The summed E-state index contributed by atoms with van der Waals surface area (Å²) in [6.45, 7) is 0.0388. The average molecular weight is 207 g/mol. The topological polar surface area (TPSA) is 77.7 Å². The first-order chi connectivity index (χ1) is 7.29. The third kappa shape index (κ3) is 1.89. The first kappa shape index (κ1) is 9.47. The van der Waals surface area contributed by atoms with Crippen LogP contribution in [0, 0.1) is 0 Å². The predicted octanol–water partition coefficient (Wildman–Crippen LogP) is 0.134. The molecule has 1 aliphatic rings. The number of anilines is 1. The summed E-state index contributed by atoms with van der Waals surface area (Å²) in [5.74, 6) is 5.49. The summed E-state index contributed by atoms with van der Waals surface area (Å²) in [4.78, 5) is 15.6. The van der Waals surface area contributed by atoms with E-state index in [4.69, 9.17) is 15.3 Å². The molecule has 1 aromatic heterocycles. The fourth-order valence-electron chi connectivity index (χ4n) is 1.07. The number of amides is 1. The molecule has 15 heavy (non-hydrogen) atoms. The van der Waals surface area contributed by atoms with Gasteiger partial charge in [0.05, 0.1) is 0 Å². The monoisotopic (exact) mass is 207 g/mol. The van der Waals surface area contributed by atoms with Crippen LogP contribution >= 0.6 is 0 Å². The highest BCUT2D eigenvalue weighted by Crippen LogP contribution is 2.13. The van der Waals surface area contributed by atoms with Crippen molar-refractivity contribution in [3.8, 4) is 0 Å². The number of hydrogen-bond acceptors (Lipinski definition) is 5. The van der Waals surface area contributed by atoms with Crippen molar-refractivity contribution in [2.75, 3.05) is 11.8 Å². The molecule has 1 aliphatic heterocycles. The zero-order valence-corrected chi connectivity index (χ0v) is 7.79. The molecule has 78 valence electrons. The Bertz CT molecular complexity index is 391. The fourth-order valence-corrected chi connectivity index (χ4v) is 1.07. The number of hydrogen-bond donors (Lipinski definition) is 1. The lowest BCUT2D eigenvalue weighted by atomic mass is 10.4. The molecule has 0 radical (unpaired) electrons. The number of rotatable bonds is 2. The highest BCUT2D eigenvalue weighted by Gasteiger charge is 2.22. The summed E-state index contributed by atoms with van der Waals surface area (Å²) in [5, 5.41) is 0.903. The second kappa shape index (κ2) is 3.97. The van der Waals surface area contributed by atoms with Crippen LogP contribution in [0.2, 0.25) is 0 Å². The molecule has 2 rings (SSSR count). The maximum absolute atomic E-state index is 11.6. The quantitative estimate of drug-likeness (QED) is 0.424. The van der Waals surface area contributed by atoms with Gasteiger partial charge in [0.2, 0.25) is 12.6 Å². The van der Waals surface area contributed by atoms with Crippen molar-refractivity contribution in [2.24, 2.45) is 5.84 Å². The molecular formula is C9H9N3O3. The Morgan fingerprint density at radius 1 is 1.53 bits per heavy atom. The van der Waals surface area contributed by atoms with Crippen LogP contribution in [-0.2, 0) is 14.3 Å². The molecule has 6 heteroatoms. The van der Waals surface area contributed by atoms with Crippen LogP contribution in [0.1, 0.15) is 0 Å². The Balaban J connectivity index is 2.14. The van der Waals surface area contributed by atoms with Crippen molar-refractivity contribution in [1.29, 1.82) is 0 Å². The zero-order chi connectivity index (χ0) is 10.7. The standard InChI is InChI=1S/C9H9N3O3/c10-12(8-3-1-2-4-11-8)9(13)7-5-14-6-15-7/h1-5H,6,10H2. The third-order valence-electron chi connectivity index (χ3n) is 1.80. The van der Waals surface area contributed by atoms with Gasteiger partial charge in [0, 0.05) is 6.20 Å². The van der Waals surface area contributed by atoms with E-state index in [0.717, 1.165) is 5.01 Å². The summed E-state index contributed by atoms with van der Waals surface area (Å²) in [5.41, 5.74) is 0. The first-order valence-corrected chi connectivity index (χ1v) is 4.24. The van der Waals surface area contributed by atoms with Crippen molar-refractivity contribution >= 4 is 11.7 Å². The van der Waals surface area contributed by atoms with Gasteiger partial charge in [-0.3, -0.25) is 4.79 Å². The number of nitrogens with zero attached hydrogens (tertiary/aromatic N) is 2. The molecule has 0 fully saturated rings. The first-order valence-electron chi connectivity index (χ1n) is 4.24. The number of ether oxygens (including phenoxy) is 2. The minimum absolute atomic E-state index is 0.0388. The molecule has 0 aliphatic carbocycles. The second-order valence-electron chi connectivity index (χ2n) is 2.77. The molecule has 0 spiro atoms. The van der Waals surface area contributed by atoms with Crippen LogP contribution in [0.4, 0.5) is 5.82 Å². The lowest BCUT2D eigenvalue weighted by Crippen LogP contribution is -2.39. The van der Waals surface area contributed by atoms with E-state index < -0.39 is 5.91 Å². The maximum atomic E-state index is 11.6. The normalized spacial score (nSPS) is 13.8. The summed E-state index contributed by atoms with van der Waals surface area (Å²) in [7, 11) is 0. The minimum Gasteiger partial charge on any atom is -0.461 e. The summed E-state index contributed by atoms with van der Waals surface area (Å²) < 4.78 is 9.65. The van der Waals surface area contributed by atoms with E-state index in [1.807, 2.05) is 0 Å². The van der Waals surface area contributed by atoms with E-state index in [1.165, 1.54) is 6.26 Å². The van der Waals surface area contributed by atoms with Crippen LogP contribution < -0.4 is 10.9 Å². The molecule has 0 saturated carbocycles. The number of carbonyl (C=O) groups excluding carboxylic acids is 1. The summed E-state index contributed by atoms with van der Waals surface area (Å²) >= 11 is 0. The highest BCUT2D eigenvalue weighted by atomic mass is 16.7. The van der Waals surface area contributed by atoms with Gasteiger partial charge < -0.3 is 9.47 Å². The van der Waals surface area contributed by atoms with Gasteiger partial charge in [-0.15, -0.1) is 0 Å². The predicted molar refractivity (Wildman–Crippen MR) is 51.0 cm³/mol. The summed E-state index contributed by atoms with van der Waals surface area (Å²) in [6, 6.07) is 5.08. The Hall–Kier alpha value is -2.08. The Labute approximate surface area is 85.9 Å². The third-order valence-corrected chi connectivity index (χ3v) is 1.80. The molecule has 0 atom stereocenters. The van der Waals surface area contributed by atoms with Crippen LogP contribution in [0.5, 0.6) is 0 Å². The lowest BCUT2D eigenvalue weighted by Gasteiger charge is -2.14. The smallest absolute Gasteiger partial charge is 0.312 e. The van der Waals surface area contributed by atoms with E-state index in [9.17, 15) is 4.79 Å². The highest BCUT2D eigenvalue weighted by molar-refractivity contribution is 6.02. The van der Waals surface area contributed by atoms with Crippen LogP contribution in [0.25, 0.3) is 0 Å². The van der Waals surface area contributed by atoms with Crippen LogP contribution in [0.3, 0.4) is 0 Å². The van der Waals surface area contributed by atoms with Gasteiger partial charge in [0.15, 0.2) is 0 Å². The van der Waals surface area contributed by atoms with Gasteiger partial charge in [-0.1, -0.05) is 6.07 Å². The largest absolute Gasteiger partial charge is 0.461 e. The molecule has 0 bridgehead atoms. The van der Waals surface area contributed by atoms with Gasteiger partial charge >= 0.3 is 5.91 Å². The number of hydrazine groups is 1. The molecule has 0 saturated heterocycles. The molecule has 0 aromatic carbocycles. The van der Waals surface area contributed by atoms with Crippen molar-refractivity contribution < 1.29 is 14.3 Å². The number of pyridine rings is 1. The molecule has 6 nitrogen and oxygen atoms in total. The van der Waals surface area contributed by atoms with E-state index in [0.29, 0.717) is 5.82 Å². The SMILES string of the molecule is NN(C(=O)C1=COCO1)c1ccccn1. The number of nitrogens with two attached hydrogens (primary N) is 1. The van der Waals surface area contributed by atoms with Gasteiger partial charge in [0.1, 0.15) is 12.1 Å². The van der Waals surface area contributed by atoms with Gasteiger partial charge in [-0.05, 0) is 12.1 Å². The number of carbonyl (C=O) groups is 1. The van der Waals surface area contributed by atoms with Crippen LogP contribution in [-0.4, -0.2) is 17.7 Å². The molecule has 2 N–H and O–H groups in total.